The van der Waals surface area contributed by atoms with Gasteiger partial charge in [0, 0.05) is 17.6 Å². The number of benzene rings is 1. The van der Waals surface area contributed by atoms with Crippen LogP contribution >= 0.6 is 0 Å². The van der Waals surface area contributed by atoms with Crippen LogP contribution in [0, 0.1) is 17.7 Å². The molecule has 0 spiro atoms. The normalized spacial score (nSPS) is 30.4. The predicted molar refractivity (Wildman–Crippen MR) is 64.8 cm³/mol. The standard InChI is InChI=1S/C14H12FNO4/c15-7-2-1-3-8(6-7)16-13(17)11-9-4-5-10(20-9)12(11)14(18)19/h1-6,9-12H,(H,16,17)(H,18,19)/p-1/t9-,10+,11-,12-/m0/s1. The lowest BCUT2D eigenvalue weighted by Gasteiger charge is -2.24. The molecule has 1 aromatic carbocycles. The molecule has 1 fully saturated rings. The number of carbonyl (C=O) groups excluding carboxylic acids is 2. The largest absolute Gasteiger partial charge is 0.550 e. The summed E-state index contributed by atoms with van der Waals surface area (Å²) in [4.78, 5) is 23.3. The summed E-state index contributed by atoms with van der Waals surface area (Å²) in [7, 11) is 0. The maximum atomic E-state index is 13.1. The van der Waals surface area contributed by atoms with Gasteiger partial charge in [0.2, 0.25) is 5.91 Å². The third-order valence-corrected chi connectivity index (χ3v) is 3.57. The van der Waals surface area contributed by atoms with Crippen molar-refractivity contribution in [3.63, 3.8) is 0 Å². The molecule has 0 aromatic heterocycles. The highest BCUT2D eigenvalue weighted by atomic mass is 19.1. The maximum Gasteiger partial charge on any atom is 0.231 e. The summed E-state index contributed by atoms with van der Waals surface area (Å²) >= 11 is 0. The van der Waals surface area contributed by atoms with Crippen molar-refractivity contribution in [2.75, 3.05) is 5.32 Å². The number of anilines is 1. The second-order valence-corrected chi connectivity index (χ2v) is 4.82. The molecular formula is C14H11FNO4-. The van der Waals surface area contributed by atoms with Crippen LogP contribution in [0.25, 0.3) is 0 Å². The first-order valence-electron chi connectivity index (χ1n) is 6.17. The average molecular weight is 276 g/mol. The van der Waals surface area contributed by atoms with Gasteiger partial charge in [0.15, 0.2) is 0 Å². The molecule has 6 heteroatoms. The number of ether oxygens (including phenoxy) is 1. The lowest BCUT2D eigenvalue weighted by molar-refractivity contribution is -0.313. The number of aliphatic carboxylic acids is 1. The van der Waals surface area contributed by atoms with Crippen molar-refractivity contribution in [3.05, 3.63) is 42.2 Å². The summed E-state index contributed by atoms with van der Waals surface area (Å²) < 4.78 is 18.4. The van der Waals surface area contributed by atoms with Gasteiger partial charge >= 0.3 is 0 Å². The van der Waals surface area contributed by atoms with E-state index < -0.39 is 41.7 Å². The number of halogens is 1. The Morgan fingerprint density at radius 1 is 1.20 bits per heavy atom. The number of hydrogen-bond donors (Lipinski definition) is 1. The topological polar surface area (TPSA) is 78.5 Å². The summed E-state index contributed by atoms with van der Waals surface area (Å²) in [5.41, 5.74) is 0.277. The van der Waals surface area contributed by atoms with Gasteiger partial charge in [-0.2, -0.15) is 0 Å². The van der Waals surface area contributed by atoms with Crippen molar-refractivity contribution in [1.82, 2.24) is 0 Å². The van der Waals surface area contributed by atoms with E-state index in [1.807, 2.05) is 0 Å². The lowest BCUT2D eigenvalue weighted by atomic mass is 9.82. The van der Waals surface area contributed by atoms with Crippen LogP contribution in [0.5, 0.6) is 0 Å². The van der Waals surface area contributed by atoms with E-state index in [-0.39, 0.29) is 5.69 Å². The minimum atomic E-state index is -1.32. The third kappa shape index (κ3) is 2.08. The zero-order valence-corrected chi connectivity index (χ0v) is 10.3. The van der Waals surface area contributed by atoms with E-state index in [1.165, 1.54) is 18.2 Å². The Kier molecular flexibility index (Phi) is 3.02. The number of fused-ring (bicyclic) bond motifs is 2. The van der Waals surface area contributed by atoms with E-state index in [1.54, 1.807) is 12.2 Å². The fourth-order valence-corrected chi connectivity index (χ4v) is 2.69. The molecule has 104 valence electrons. The molecular weight excluding hydrogens is 265 g/mol. The number of nitrogens with one attached hydrogen (secondary N) is 1. The number of carbonyl (C=O) groups is 2. The Labute approximate surface area is 114 Å². The lowest BCUT2D eigenvalue weighted by Crippen LogP contribution is -2.45. The van der Waals surface area contributed by atoms with Crippen LogP contribution in [-0.2, 0) is 14.3 Å². The SMILES string of the molecule is O=C(Nc1cccc(F)c1)[C@@H]1[C@@H](C(=O)[O-])[C@H]2C=C[C@@H]1O2. The second kappa shape index (κ2) is 4.72. The third-order valence-electron chi connectivity index (χ3n) is 3.57. The summed E-state index contributed by atoms with van der Waals surface area (Å²) in [5, 5.41) is 13.7. The highest BCUT2D eigenvalue weighted by molar-refractivity contribution is 5.96. The van der Waals surface area contributed by atoms with E-state index in [4.69, 9.17) is 4.74 Å². The molecule has 3 rings (SSSR count). The van der Waals surface area contributed by atoms with Gasteiger partial charge in [0.1, 0.15) is 5.82 Å². The van der Waals surface area contributed by atoms with Gasteiger partial charge in [-0.3, -0.25) is 4.79 Å². The van der Waals surface area contributed by atoms with Crippen LogP contribution in [0.4, 0.5) is 10.1 Å². The fourth-order valence-electron chi connectivity index (χ4n) is 2.69. The number of amides is 1. The molecule has 1 amide bonds. The van der Waals surface area contributed by atoms with E-state index in [0.717, 1.165) is 6.07 Å². The Hall–Kier alpha value is -2.21. The maximum absolute atomic E-state index is 13.1. The summed E-state index contributed by atoms with van der Waals surface area (Å²) in [6, 6.07) is 5.40. The number of rotatable bonds is 3. The van der Waals surface area contributed by atoms with E-state index in [0.29, 0.717) is 0 Å². The highest BCUT2D eigenvalue weighted by Gasteiger charge is 2.50. The smallest absolute Gasteiger partial charge is 0.231 e. The van der Waals surface area contributed by atoms with E-state index in [9.17, 15) is 19.1 Å². The quantitative estimate of drug-likeness (QED) is 0.793. The van der Waals surface area contributed by atoms with Crippen molar-refractivity contribution in [1.29, 1.82) is 0 Å². The molecule has 2 aliphatic heterocycles. The predicted octanol–water partition coefficient (Wildman–Crippen LogP) is 0.0837. The Bertz CT molecular complexity index is 601. The molecule has 0 saturated carbocycles. The first-order valence-corrected chi connectivity index (χ1v) is 6.17. The Balaban J connectivity index is 1.80. The minimum Gasteiger partial charge on any atom is -0.550 e. The molecule has 4 atom stereocenters. The summed E-state index contributed by atoms with van der Waals surface area (Å²) in [6.07, 6.45) is 2.08. The zero-order chi connectivity index (χ0) is 14.3. The molecule has 2 aliphatic rings. The van der Waals surface area contributed by atoms with Crippen molar-refractivity contribution in [2.24, 2.45) is 11.8 Å². The Morgan fingerprint density at radius 3 is 2.55 bits per heavy atom. The van der Waals surface area contributed by atoms with Crippen molar-refractivity contribution in [2.45, 2.75) is 12.2 Å². The first kappa shape index (κ1) is 12.8. The summed E-state index contributed by atoms with van der Waals surface area (Å²) in [6.45, 7) is 0. The zero-order valence-electron chi connectivity index (χ0n) is 10.3. The van der Waals surface area contributed by atoms with Crippen LogP contribution in [0.1, 0.15) is 0 Å². The van der Waals surface area contributed by atoms with Gasteiger partial charge in [-0.05, 0) is 18.2 Å². The molecule has 0 unspecified atom stereocenters. The molecule has 2 heterocycles. The highest BCUT2D eigenvalue weighted by Crippen LogP contribution is 2.39. The first-order chi connectivity index (χ1) is 9.56. The fraction of sp³-hybridized carbons (Fsp3) is 0.286. The molecule has 20 heavy (non-hydrogen) atoms. The van der Waals surface area contributed by atoms with Gasteiger partial charge in [-0.1, -0.05) is 18.2 Å². The van der Waals surface area contributed by atoms with Crippen LogP contribution < -0.4 is 10.4 Å². The van der Waals surface area contributed by atoms with Gasteiger partial charge in [-0.15, -0.1) is 0 Å². The molecule has 0 radical (unpaired) electrons. The van der Waals surface area contributed by atoms with E-state index >= 15 is 0 Å². The monoisotopic (exact) mass is 276 g/mol. The molecule has 1 saturated heterocycles. The Morgan fingerprint density at radius 2 is 1.90 bits per heavy atom. The number of carboxylic acids is 1. The number of carboxylic acid groups (broad SMARTS) is 1. The molecule has 1 aromatic rings. The number of hydrogen-bond acceptors (Lipinski definition) is 4. The van der Waals surface area contributed by atoms with Gasteiger partial charge in [0.05, 0.1) is 18.1 Å². The molecule has 2 bridgehead atoms. The van der Waals surface area contributed by atoms with Crippen molar-refractivity contribution < 1.29 is 23.8 Å². The van der Waals surface area contributed by atoms with Crippen LogP contribution in [0.15, 0.2) is 36.4 Å². The van der Waals surface area contributed by atoms with E-state index in [2.05, 4.69) is 5.32 Å². The molecule has 5 nitrogen and oxygen atoms in total. The molecule has 0 aliphatic carbocycles. The van der Waals surface area contributed by atoms with Gasteiger partial charge < -0.3 is 20.0 Å². The average Bonchev–Trinajstić information content (AvgIpc) is 2.98. The van der Waals surface area contributed by atoms with Crippen LogP contribution in [0.3, 0.4) is 0 Å². The van der Waals surface area contributed by atoms with Crippen molar-refractivity contribution >= 4 is 17.6 Å². The van der Waals surface area contributed by atoms with Crippen LogP contribution in [0.2, 0.25) is 0 Å². The van der Waals surface area contributed by atoms with Gasteiger partial charge in [-0.25, -0.2) is 4.39 Å². The second-order valence-electron chi connectivity index (χ2n) is 4.82. The molecule has 1 N–H and O–H groups in total. The summed E-state index contributed by atoms with van der Waals surface area (Å²) in [5.74, 6) is -4.19. The van der Waals surface area contributed by atoms with Crippen LogP contribution in [-0.4, -0.2) is 24.1 Å². The van der Waals surface area contributed by atoms with Crippen molar-refractivity contribution in [3.8, 4) is 0 Å². The van der Waals surface area contributed by atoms with Gasteiger partial charge in [0.25, 0.3) is 0 Å². The minimum absolute atomic E-state index is 0.277.